The molecular weight excluding hydrogens is 655 g/mol. The van der Waals surface area contributed by atoms with Gasteiger partial charge in [0.2, 0.25) is 0 Å². The average molecular weight is 755 g/mol. The summed E-state index contributed by atoms with van der Waals surface area (Å²) in [5.41, 5.74) is 5.31. The number of hydrazone groups is 1. The Hall–Kier alpha value is -3.07. The van der Waals surface area contributed by atoms with Gasteiger partial charge in [-0.3, -0.25) is 4.98 Å². The molecule has 0 bridgehead atoms. The Morgan fingerprint density at radius 2 is 0.870 bits per heavy atom. The van der Waals surface area contributed by atoms with Crippen LogP contribution in [0.4, 0.5) is 0 Å². The molecule has 0 amide bonds. The maximum atomic E-state index is 4.08. The van der Waals surface area contributed by atoms with Crippen LogP contribution in [0.1, 0.15) is 201 Å². The van der Waals surface area contributed by atoms with E-state index in [2.05, 4.69) is 98.6 Å². The van der Waals surface area contributed by atoms with Crippen LogP contribution >= 0.6 is 0 Å². The number of pyridine rings is 1. The third-order valence-corrected chi connectivity index (χ3v) is 6.51. The van der Waals surface area contributed by atoms with E-state index in [0.29, 0.717) is 0 Å². The number of benzene rings is 2. The molecule has 2 heterocycles. The van der Waals surface area contributed by atoms with Crippen LogP contribution in [-0.2, 0) is 19.3 Å². The Bertz CT molecular complexity index is 897. The molecule has 1 fully saturated rings. The van der Waals surface area contributed by atoms with Gasteiger partial charge in [-0.1, -0.05) is 242 Å². The van der Waals surface area contributed by atoms with Crippen LogP contribution in [0.25, 0.3) is 0 Å². The first-order chi connectivity index (χ1) is 26.5. The molecule has 0 N–H and O–H groups in total. The minimum absolute atomic E-state index is 1.02. The van der Waals surface area contributed by atoms with Crippen molar-refractivity contribution in [2.24, 2.45) is 11.0 Å². The predicted octanol–water partition coefficient (Wildman–Crippen LogP) is 17.4. The lowest BCUT2D eigenvalue weighted by molar-refractivity contribution is -0.494. The van der Waals surface area contributed by atoms with E-state index >= 15 is 0 Å². The Morgan fingerprint density at radius 3 is 1.04 bits per heavy atom. The fourth-order valence-corrected chi connectivity index (χ4v) is 3.96. The fraction of sp³-hybridized carbons (Fsp3) is 0.627. The number of aryl methyl sites for hydroxylation is 3. The van der Waals surface area contributed by atoms with Gasteiger partial charge < -0.3 is 0 Å². The summed E-state index contributed by atoms with van der Waals surface area (Å²) < 4.78 is 1.84. The zero-order chi connectivity index (χ0) is 43.8. The number of nitrogens with zero attached hydrogens (tertiary/aromatic N) is 3. The quantitative estimate of drug-likeness (QED) is 0.245. The van der Waals surface area contributed by atoms with E-state index in [-0.39, 0.29) is 0 Å². The topological polar surface area (TPSA) is 28.3 Å². The molecule has 1 aromatic heterocycles. The highest BCUT2D eigenvalue weighted by Gasteiger charge is 2.06. The first-order valence-corrected chi connectivity index (χ1v) is 22.5. The maximum Gasteiger partial charge on any atom is 0.178 e. The highest BCUT2D eigenvalue weighted by molar-refractivity contribution is 5.93. The fourth-order valence-electron chi connectivity index (χ4n) is 3.96. The molecule has 318 valence electrons. The minimum atomic E-state index is 1.02. The largest absolute Gasteiger partial charge is 0.264 e. The standard InChI is InChI=1S/2C8H10.C7H9N.C7H14.C5H9N2.8C2H6/c2*1-2-8-6-4-3-5-7-8;1-2-7-4-3-5-8-6-7;1-7-5-3-2-4-6-7;1-5-3-4-7(2)6-5;8*1-2/h2*3-7H,2H2,1H3;3-6H,2H2,1H3;7H,2-6H2,1H3;4H,3H2,1-2H3;8*1-2H3/q;;;;+1;;;;;;;;. The van der Waals surface area contributed by atoms with Gasteiger partial charge in [0.05, 0.1) is 12.1 Å². The second kappa shape index (κ2) is 71.4. The highest BCUT2D eigenvalue weighted by Crippen LogP contribution is 2.22. The van der Waals surface area contributed by atoms with Crippen molar-refractivity contribution >= 4 is 11.9 Å². The van der Waals surface area contributed by atoms with Gasteiger partial charge in [-0.05, 0) is 60.0 Å². The van der Waals surface area contributed by atoms with Crippen LogP contribution in [0.3, 0.4) is 0 Å². The molecule has 1 aliphatic heterocycles. The summed E-state index contributed by atoms with van der Waals surface area (Å²) in [5.74, 6) is 1.04. The van der Waals surface area contributed by atoms with Crippen molar-refractivity contribution in [1.82, 2.24) is 4.98 Å². The zero-order valence-corrected chi connectivity index (χ0v) is 40.9. The molecule has 1 aliphatic carbocycles. The van der Waals surface area contributed by atoms with Crippen LogP contribution < -0.4 is 0 Å². The van der Waals surface area contributed by atoms with Gasteiger partial charge in [0.1, 0.15) is 0 Å². The van der Waals surface area contributed by atoms with E-state index in [1.807, 2.05) is 154 Å². The van der Waals surface area contributed by atoms with Crippen LogP contribution in [-0.4, -0.2) is 28.6 Å². The molecule has 0 spiro atoms. The lowest BCUT2D eigenvalue weighted by Gasteiger charge is -2.15. The van der Waals surface area contributed by atoms with Crippen LogP contribution in [0, 0.1) is 5.92 Å². The zero-order valence-electron chi connectivity index (χ0n) is 40.9. The second-order valence-electron chi connectivity index (χ2n) is 9.93. The lowest BCUT2D eigenvalue weighted by atomic mass is 9.91. The summed E-state index contributed by atoms with van der Waals surface area (Å²) in [6.45, 7) is 42.8. The number of hydrogen-bond donors (Lipinski definition) is 0. The van der Waals surface area contributed by atoms with Gasteiger partial charge in [0.25, 0.3) is 0 Å². The van der Waals surface area contributed by atoms with Crippen molar-refractivity contribution in [3.63, 3.8) is 0 Å². The van der Waals surface area contributed by atoms with Crippen molar-refractivity contribution in [3.8, 4) is 0 Å². The molecule has 2 aromatic carbocycles. The van der Waals surface area contributed by atoms with E-state index in [4.69, 9.17) is 0 Å². The average Bonchev–Trinajstić information content (AvgIpc) is 3.70. The van der Waals surface area contributed by atoms with E-state index in [1.54, 1.807) is 6.20 Å². The Balaban J connectivity index is -0.0000000746. The van der Waals surface area contributed by atoms with Crippen LogP contribution in [0.5, 0.6) is 0 Å². The molecular formula is C51H100N3+. The predicted molar refractivity (Wildman–Crippen MR) is 258 cm³/mol. The Morgan fingerprint density at radius 1 is 0.519 bits per heavy atom. The van der Waals surface area contributed by atoms with Gasteiger partial charge in [-0.2, -0.15) is 0 Å². The first kappa shape index (κ1) is 68.9. The molecule has 5 rings (SSSR count). The highest BCUT2D eigenvalue weighted by atomic mass is 15.4. The number of aromatic nitrogens is 1. The van der Waals surface area contributed by atoms with Crippen molar-refractivity contribution in [2.75, 3.05) is 7.05 Å². The van der Waals surface area contributed by atoms with Crippen molar-refractivity contribution in [3.05, 3.63) is 102 Å². The van der Waals surface area contributed by atoms with Crippen LogP contribution in [0.2, 0.25) is 0 Å². The molecule has 3 heteroatoms. The monoisotopic (exact) mass is 755 g/mol. The van der Waals surface area contributed by atoms with Crippen LogP contribution in [0.15, 0.2) is 90.3 Å². The number of hydrogen-bond acceptors (Lipinski definition) is 2. The summed E-state index contributed by atoms with van der Waals surface area (Å²) >= 11 is 0. The van der Waals surface area contributed by atoms with Gasteiger partial charge in [-0.25, -0.2) is 0 Å². The molecule has 54 heavy (non-hydrogen) atoms. The van der Waals surface area contributed by atoms with Gasteiger partial charge >= 0.3 is 0 Å². The number of rotatable bonds is 3. The van der Waals surface area contributed by atoms with E-state index in [0.717, 1.165) is 31.6 Å². The molecule has 3 aromatic rings. The summed E-state index contributed by atoms with van der Waals surface area (Å²) in [6.07, 6.45) is 17.5. The smallest absolute Gasteiger partial charge is 0.178 e. The van der Waals surface area contributed by atoms with E-state index in [1.165, 1.54) is 54.5 Å². The third kappa shape index (κ3) is 58.2. The Labute approximate surface area is 343 Å². The molecule has 0 radical (unpaired) electrons. The summed E-state index contributed by atoms with van der Waals surface area (Å²) in [5, 5.41) is 4.08. The van der Waals surface area contributed by atoms with Gasteiger partial charge in [-0.15, -0.1) is 0 Å². The van der Waals surface area contributed by atoms with Gasteiger partial charge in [0, 0.05) is 12.4 Å². The van der Waals surface area contributed by atoms with Gasteiger partial charge in [0.15, 0.2) is 13.3 Å². The lowest BCUT2D eigenvalue weighted by Crippen LogP contribution is -1.99. The normalized spacial score (nSPS) is 10.7. The minimum Gasteiger partial charge on any atom is -0.264 e. The molecule has 0 saturated heterocycles. The SMILES string of the molecule is CC.CC.CC.CC.CC.CC.CC.CC.CC1=N[N+](C)=CC1.CC1CCCCC1.CCc1ccccc1.CCc1ccccc1.CCc1cccnc1. The second-order valence-corrected chi connectivity index (χ2v) is 9.93. The molecule has 3 nitrogen and oxygen atoms in total. The van der Waals surface area contributed by atoms with Crippen molar-refractivity contribution in [1.29, 1.82) is 0 Å². The summed E-state index contributed by atoms with van der Waals surface area (Å²) in [6, 6.07) is 24.9. The molecule has 2 aliphatic rings. The Kier molecular flexibility index (Phi) is 91.0. The third-order valence-electron chi connectivity index (χ3n) is 6.51. The summed E-state index contributed by atoms with van der Waals surface area (Å²) in [7, 11) is 1.94. The van der Waals surface area contributed by atoms with E-state index in [9.17, 15) is 0 Å². The first-order valence-electron chi connectivity index (χ1n) is 22.5. The molecule has 0 atom stereocenters. The van der Waals surface area contributed by atoms with Crippen molar-refractivity contribution in [2.45, 2.75) is 203 Å². The summed E-state index contributed by atoms with van der Waals surface area (Å²) in [4.78, 5) is 3.96. The maximum absolute atomic E-state index is 4.08. The van der Waals surface area contributed by atoms with E-state index < -0.39 is 0 Å². The van der Waals surface area contributed by atoms with Crippen molar-refractivity contribution < 1.29 is 4.68 Å². The molecule has 0 unspecified atom stereocenters. The molecule has 1 saturated carbocycles.